The number of aromatic nitrogens is 2. The Bertz CT molecular complexity index is 663. The second kappa shape index (κ2) is 6.63. The molecular weight excluding hydrogens is 282 g/mol. The molecule has 21 heavy (non-hydrogen) atoms. The van der Waals surface area contributed by atoms with Crippen molar-refractivity contribution < 1.29 is 4.79 Å². The van der Waals surface area contributed by atoms with Gasteiger partial charge in [0, 0.05) is 22.5 Å². The van der Waals surface area contributed by atoms with Gasteiger partial charge in [0.05, 0.1) is 17.8 Å². The minimum absolute atomic E-state index is 0.0570. The van der Waals surface area contributed by atoms with Gasteiger partial charge in [0.25, 0.3) is 5.91 Å². The van der Waals surface area contributed by atoms with E-state index >= 15 is 0 Å². The molecule has 0 spiro atoms. The number of hydrogen-bond acceptors (Lipinski definition) is 4. The lowest BCUT2D eigenvalue weighted by Crippen LogP contribution is -2.31. The summed E-state index contributed by atoms with van der Waals surface area (Å²) < 4.78 is 0. The molecule has 2 rings (SSSR count). The van der Waals surface area contributed by atoms with Crippen LogP contribution in [0.2, 0.25) is 0 Å². The minimum atomic E-state index is -0.0570. The van der Waals surface area contributed by atoms with Gasteiger partial charge >= 0.3 is 0 Å². The fourth-order valence-corrected chi connectivity index (χ4v) is 3.00. The summed E-state index contributed by atoms with van der Waals surface area (Å²) in [6.45, 7) is 10.5. The Morgan fingerprint density at radius 2 is 2.14 bits per heavy atom. The molecule has 1 amide bonds. The van der Waals surface area contributed by atoms with E-state index in [2.05, 4.69) is 35.6 Å². The smallest absolute Gasteiger partial charge is 0.257 e. The van der Waals surface area contributed by atoms with Gasteiger partial charge in [0.2, 0.25) is 0 Å². The first-order chi connectivity index (χ1) is 10.0. The maximum absolute atomic E-state index is 12.7. The van der Waals surface area contributed by atoms with Crippen molar-refractivity contribution in [1.29, 1.82) is 0 Å². The molecule has 0 aliphatic carbocycles. The zero-order valence-electron chi connectivity index (χ0n) is 12.6. The predicted molar refractivity (Wildman–Crippen MR) is 85.5 cm³/mol. The van der Waals surface area contributed by atoms with Gasteiger partial charge in [-0.15, -0.1) is 17.9 Å². The van der Waals surface area contributed by atoms with Crippen molar-refractivity contribution in [3.63, 3.8) is 0 Å². The highest BCUT2D eigenvalue weighted by Crippen LogP contribution is 2.19. The average molecular weight is 301 g/mol. The Hall–Kier alpha value is -2.01. The highest BCUT2D eigenvalue weighted by atomic mass is 32.1. The first-order valence-electron chi connectivity index (χ1n) is 6.77. The van der Waals surface area contributed by atoms with E-state index in [9.17, 15) is 4.79 Å². The fraction of sp³-hybridized carbons (Fsp3) is 0.312. The Kier molecular flexibility index (Phi) is 4.85. The van der Waals surface area contributed by atoms with Gasteiger partial charge in [-0.05, 0) is 32.9 Å². The van der Waals surface area contributed by atoms with Gasteiger partial charge in [0.15, 0.2) is 0 Å². The van der Waals surface area contributed by atoms with Crippen LogP contribution in [0.1, 0.15) is 31.6 Å². The van der Waals surface area contributed by atoms with Gasteiger partial charge < -0.3 is 4.90 Å². The largest absolute Gasteiger partial charge is 0.330 e. The maximum Gasteiger partial charge on any atom is 0.257 e. The lowest BCUT2D eigenvalue weighted by molar-refractivity contribution is 0.0762. The molecule has 0 aliphatic rings. The van der Waals surface area contributed by atoms with E-state index in [0.29, 0.717) is 30.2 Å². The molecule has 0 N–H and O–H groups in total. The van der Waals surface area contributed by atoms with E-state index in [1.807, 2.05) is 13.8 Å². The highest BCUT2D eigenvalue weighted by Gasteiger charge is 2.18. The molecule has 0 fully saturated rings. The van der Waals surface area contributed by atoms with Crippen LogP contribution < -0.4 is 0 Å². The number of nitrogens with zero attached hydrogens (tertiary/aromatic N) is 3. The van der Waals surface area contributed by atoms with Crippen molar-refractivity contribution in [2.24, 2.45) is 0 Å². The van der Waals surface area contributed by atoms with Gasteiger partial charge in [-0.3, -0.25) is 4.79 Å². The zero-order valence-corrected chi connectivity index (χ0v) is 13.4. The Labute approximate surface area is 129 Å². The second-order valence-electron chi connectivity index (χ2n) is 4.90. The van der Waals surface area contributed by atoms with Crippen LogP contribution >= 0.6 is 11.3 Å². The number of rotatable bonds is 5. The zero-order chi connectivity index (χ0) is 15.4. The number of hydrogen-bond donors (Lipinski definition) is 0. The lowest BCUT2D eigenvalue weighted by Gasteiger charge is -2.21. The molecular formula is C16H19N3OS. The van der Waals surface area contributed by atoms with Gasteiger partial charge in [-0.25, -0.2) is 9.97 Å². The highest BCUT2D eigenvalue weighted by molar-refractivity contribution is 7.11. The van der Waals surface area contributed by atoms with Crippen LogP contribution in [0.15, 0.2) is 31.0 Å². The SMILES string of the molecule is C=CCN(Cc1ccc(C)s1)C(=O)c1cnc(C)nc1C. The average Bonchev–Trinajstić information content (AvgIpc) is 2.83. The normalized spacial score (nSPS) is 10.4. The Balaban J connectivity index is 2.24. The van der Waals surface area contributed by atoms with Crippen LogP contribution in [0.4, 0.5) is 0 Å². The van der Waals surface area contributed by atoms with E-state index in [4.69, 9.17) is 0 Å². The van der Waals surface area contributed by atoms with Crippen LogP contribution in [-0.4, -0.2) is 27.3 Å². The molecule has 0 aromatic carbocycles. The molecule has 0 atom stereocenters. The van der Waals surface area contributed by atoms with Crippen molar-refractivity contribution in [2.75, 3.05) is 6.54 Å². The summed E-state index contributed by atoms with van der Waals surface area (Å²) in [5.74, 6) is 0.617. The van der Waals surface area contributed by atoms with E-state index in [0.717, 1.165) is 4.88 Å². The van der Waals surface area contributed by atoms with Gasteiger partial charge in [-0.1, -0.05) is 6.08 Å². The van der Waals surface area contributed by atoms with Crippen LogP contribution in [-0.2, 0) is 6.54 Å². The van der Waals surface area contributed by atoms with E-state index in [1.54, 1.807) is 28.5 Å². The summed E-state index contributed by atoms with van der Waals surface area (Å²) in [5.41, 5.74) is 1.26. The third kappa shape index (κ3) is 3.76. The molecule has 0 radical (unpaired) electrons. The summed E-state index contributed by atoms with van der Waals surface area (Å²) in [4.78, 5) is 25.2. The topological polar surface area (TPSA) is 46.1 Å². The standard InChI is InChI=1S/C16H19N3OS/c1-5-8-19(10-14-7-6-11(2)21-14)16(20)15-9-17-13(4)18-12(15)3/h5-7,9H,1,8,10H2,2-4H3. The molecule has 0 saturated carbocycles. The van der Waals surface area contributed by atoms with Crippen molar-refractivity contribution >= 4 is 17.2 Å². The van der Waals surface area contributed by atoms with Gasteiger partial charge in [-0.2, -0.15) is 0 Å². The Morgan fingerprint density at radius 3 is 2.71 bits per heavy atom. The molecule has 2 aromatic heterocycles. The summed E-state index contributed by atoms with van der Waals surface area (Å²) in [6.07, 6.45) is 3.35. The molecule has 0 bridgehead atoms. The third-order valence-electron chi connectivity index (χ3n) is 3.11. The number of aryl methyl sites for hydroxylation is 3. The molecule has 5 heteroatoms. The summed E-state index contributed by atoms with van der Waals surface area (Å²) in [7, 11) is 0. The third-order valence-corrected chi connectivity index (χ3v) is 4.10. The summed E-state index contributed by atoms with van der Waals surface area (Å²) in [5, 5.41) is 0. The quantitative estimate of drug-likeness (QED) is 0.796. The van der Waals surface area contributed by atoms with E-state index in [1.165, 1.54) is 4.88 Å². The molecule has 4 nitrogen and oxygen atoms in total. The van der Waals surface area contributed by atoms with Crippen LogP contribution in [0.25, 0.3) is 0 Å². The van der Waals surface area contributed by atoms with Crippen LogP contribution in [0.5, 0.6) is 0 Å². The first kappa shape index (κ1) is 15.4. The van der Waals surface area contributed by atoms with Crippen LogP contribution in [0.3, 0.4) is 0 Å². The maximum atomic E-state index is 12.7. The van der Waals surface area contributed by atoms with Crippen molar-refractivity contribution in [3.05, 3.63) is 57.8 Å². The number of carbonyl (C=O) groups is 1. The fourth-order valence-electron chi connectivity index (χ4n) is 2.10. The van der Waals surface area contributed by atoms with Gasteiger partial charge in [0.1, 0.15) is 5.82 Å². The van der Waals surface area contributed by atoms with Crippen molar-refractivity contribution in [2.45, 2.75) is 27.3 Å². The molecule has 2 aromatic rings. The first-order valence-corrected chi connectivity index (χ1v) is 7.58. The predicted octanol–water partition coefficient (Wildman–Crippen LogP) is 3.29. The monoisotopic (exact) mass is 301 g/mol. The number of carbonyl (C=O) groups excluding carboxylic acids is 1. The minimum Gasteiger partial charge on any atom is -0.330 e. The van der Waals surface area contributed by atoms with E-state index < -0.39 is 0 Å². The second-order valence-corrected chi connectivity index (χ2v) is 6.28. The molecule has 0 aliphatic heterocycles. The Morgan fingerprint density at radius 1 is 1.38 bits per heavy atom. The van der Waals surface area contributed by atoms with Crippen molar-refractivity contribution in [3.8, 4) is 0 Å². The van der Waals surface area contributed by atoms with E-state index in [-0.39, 0.29) is 5.91 Å². The molecule has 0 unspecified atom stereocenters. The number of amides is 1. The number of thiophene rings is 1. The lowest BCUT2D eigenvalue weighted by atomic mass is 10.2. The summed E-state index contributed by atoms with van der Waals surface area (Å²) >= 11 is 1.70. The molecule has 0 saturated heterocycles. The summed E-state index contributed by atoms with van der Waals surface area (Å²) in [6, 6.07) is 4.12. The molecule has 110 valence electrons. The van der Waals surface area contributed by atoms with Crippen molar-refractivity contribution in [1.82, 2.24) is 14.9 Å². The van der Waals surface area contributed by atoms with Crippen LogP contribution in [0, 0.1) is 20.8 Å². The molecule has 2 heterocycles.